The lowest BCUT2D eigenvalue weighted by Crippen LogP contribution is -3.15. The molecule has 26 heavy (non-hydrogen) atoms. The summed E-state index contributed by atoms with van der Waals surface area (Å²) in [4.78, 5) is 15.4. The van der Waals surface area contributed by atoms with Gasteiger partial charge in [-0.25, -0.2) is 0 Å². The zero-order valence-corrected chi connectivity index (χ0v) is 17.5. The number of rotatable bonds is 6. The molecule has 1 aliphatic heterocycles. The van der Waals surface area contributed by atoms with Crippen molar-refractivity contribution < 1.29 is 9.69 Å². The molecule has 1 heterocycles. The van der Waals surface area contributed by atoms with Gasteiger partial charge in [-0.2, -0.15) is 0 Å². The van der Waals surface area contributed by atoms with Crippen LogP contribution in [0.25, 0.3) is 0 Å². The Morgan fingerprint density at radius 2 is 2.00 bits per heavy atom. The molecule has 1 aromatic rings. The fourth-order valence-corrected chi connectivity index (χ4v) is 3.81. The van der Waals surface area contributed by atoms with Crippen molar-refractivity contribution in [2.45, 2.75) is 33.6 Å². The zero-order chi connectivity index (χ0) is 19.1. The summed E-state index contributed by atoms with van der Waals surface area (Å²) in [5.74, 6) is 0.143. The molecule has 1 amide bonds. The molecular weight excluding hydrogens is 368 g/mol. The van der Waals surface area contributed by atoms with E-state index in [2.05, 4.69) is 28.5 Å². The third kappa shape index (κ3) is 6.11. The molecule has 0 saturated carbocycles. The van der Waals surface area contributed by atoms with Crippen molar-refractivity contribution in [3.8, 4) is 0 Å². The lowest BCUT2D eigenvalue weighted by atomic mass is 10.1. The number of thiocarbonyl (C=S) groups is 1. The first kappa shape index (κ1) is 20.9. The van der Waals surface area contributed by atoms with Crippen molar-refractivity contribution in [2.24, 2.45) is 0 Å². The van der Waals surface area contributed by atoms with Gasteiger partial charge >= 0.3 is 0 Å². The van der Waals surface area contributed by atoms with Gasteiger partial charge < -0.3 is 20.4 Å². The topological polar surface area (TPSA) is 48.8 Å². The molecule has 0 aliphatic carbocycles. The van der Waals surface area contributed by atoms with Gasteiger partial charge in [0, 0.05) is 6.54 Å². The summed E-state index contributed by atoms with van der Waals surface area (Å²) < 4.78 is 0. The Hall–Kier alpha value is -1.37. The molecule has 0 unspecified atom stereocenters. The highest BCUT2D eigenvalue weighted by Crippen LogP contribution is 2.27. The maximum Gasteiger partial charge on any atom is 0.275 e. The Bertz CT molecular complexity index is 621. The van der Waals surface area contributed by atoms with Gasteiger partial charge in [0.25, 0.3) is 5.91 Å². The summed E-state index contributed by atoms with van der Waals surface area (Å²) in [7, 11) is 0. The van der Waals surface area contributed by atoms with Gasteiger partial charge in [-0.05, 0) is 49.7 Å². The first-order valence-electron chi connectivity index (χ1n) is 9.33. The molecule has 0 atom stereocenters. The van der Waals surface area contributed by atoms with Crippen LogP contribution in [0.3, 0.4) is 0 Å². The first-order valence-corrected chi connectivity index (χ1v) is 10.1. The van der Waals surface area contributed by atoms with Gasteiger partial charge in [0.05, 0.1) is 36.9 Å². The first-order chi connectivity index (χ1) is 12.4. The maximum absolute atomic E-state index is 11.9. The van der Waals surface area contributed by atoms with Gasteiger partial charge in [-0.3, -0.25) is 4.79 Å². The number of nitrogens with one attached hydrogen (secondary N) is 3. The van der Waals surface area contributed by atoms with Crippen LogP contribution in [0.15, 0.2) is 12.1 Å². The summed E-state index contributed by atoms with van der Waals surface area (Å²) in [6.45, 7) is 11.0. The van der Waals surface area contributed by atoms with Crippen molar-refractivity contribution in [3.63, 3.8) is 0 Å². The molecule has 7 heteroatoms. The van der Waals surface area contributed by atoms with E-state index < -0.39 is 0 Å². The van der Waals surface area contributed by atoms with E-state index in [0.29, 0.717) is 16.7 Å². The minimum Gasteiger partial charge on any atom is -0.351 e. The third-order valence-corrected chi connectivity index (χ3v) is 5.34. The molecule has 144 valence electrons. The van der Waals surface area contributed by atoms with E-state index in [1.54, 1.807) is 0 Å². The number of amides is 1. The second kappa shape index (κ2) is 10.1. The molecule has 2 rings (SSSR count). The number of unbranched alkanes of at least 4 members (excludes halogenated alkanes) is 1. The highest BCUT2D eigenvalue weighted by molar-refractivity contribution is 7.80. The molecule has 0 aromatic heterocycles. The lowest BCUT2D eigenvalue weighted by molar-refractivity contribution is -0.895. The smallest absolute Gasteiger partial charge is 0.275 e. The monoisotopic (exact) mass is 397 g/mol. The third-order valence-electron chi connectivity index (χ3n) is 4.68. The van der Waals surface area contributed by atoms with Crippen LogP contribution < -0.4 is 15.5 Å². The van der Waals surface area contributed by atoms with E-state index in [1.807, 2.05) is 19.9 Å². The van der Waals surface area contributed by atoms with Crippen molar-refractivity contribution >= 4 is 40.5 Å². The number of anilines is 1. The molecule has 5 nitrogen and oxygen atoms in total. The number of benzene rings is 1. The zero-order valence-electron chi connectivity index (χ0n) is 16.0. The van der Waals surface area contributed by atoms with Crippen LogP contribution in [0, 0.1) is 13.8 Å². The van der Waals surface area contributed by atoms with E-state index in [1.165, 1.54) is 4.90 Å². The minimum absolute atomic E-state index is 0.143. The number of nitrogens with zero attached hydrogens (tertiary/aromatic N) is 1. The summed E-state index contributed by atoms with van der Waals surface area (Å²) in [5.41, 5.74) is 3.11. The Kier molecular flexibility index (Phi) is 8.13. The van der Waals surface area contributed by atoms with Crippen LogP contribution in [-0.2, 0) is 4.79 Å². The Morgan fingerprint density at radius 3 is 2.62 bits per heavy atom. The maximum atomic E-state index is 11.9. The normalized spacial score (nSPS) is 15.0. The largest absolute Gasteiger partial charge is 0.351 e. The van der Waals surface area contributed by atoms with Gasteiger partial charge in [0.2, 0.25) is 0 Å². The van der Waals surface area contributed by atoms with E-state index in [-0.39, 0.29) is 5.91 Å². The molecule has 1 saturated heterocycles. The number of carbonyl (C=O) groups is 1. The number of hydrogen-bond acceptors (Lipinski definition) is 2. The molecule has 3 N–H and O–H groups in total. The van der Waals surface area contributed by atoms with E-state index >= 15 is 0 Å². The summed E-state index contributed by atoms with van der Waals surface area (Å²) in [5, 5.41) is 7.68. The number of aryl methyl sites for hydroxylation is 2. The highest BCUT2D eigenvalue weighted by atomic mass is 35.5. The highest BCUT2D eigenvalue weighted by Gasteiger charge is 2.24. The number of piperazine rings is 1. The minimum atomic E-state index is 0.143. The molecular formula is C19H30ClN4OS+. The Labute approximate surface area is 167 Å². The molecule has 0 bridgehead atoms. The summed E-state index contributed by atoms with van der Waals surface area (Å²) >= 11 is 11.9. The molecule has 0 radical (unpaired) electrons. The molecule has 1 fully saturated rings. The SMILES string of the molecule is CCCCNC(=O)C[NH+]1CCN(C(=S)Nc2c(C)cc(C)cc2Cl)CC1. The van der Waals surface area contributed by atoms with Gasteiger partial charge in [0.15, 0.2) is 11.7 Å². The predicted molar refractivity (Wildman–Crippen MR) is 112 cm³/mol. The summed E-state index contributed by atoms with van der Waals surface area (Å²) in [6, 6.07) is 4.04. The van der Waals surface area contributed by atoms with Crippen molar-refractivity contribution in [2.75, 3.05) is 44.6 Å². The number of halogens is 1. The second-order valence-corrected chi connectivity index (χ2v) is 7.78. The second-order valence-electron chi connectivity index (χ2n) is 6.99. The molecule has 1 aliphatic rings. The fraction of sp³-hybridized carbons (Fsp3) is 0.579. The summed E-state index contributed by atoms with van der Waals surface area (Å²) in [6.07, 6.45) is 2.14. The molecule has 0 spiro atoms. The van der Waals surface area contributed by atoms with Crippen LogP contribution >= 0.6 is 23.8 Å². The van der Waals surface area contributed by atoms with Crippen LogP contribution in [0.2, 0.25) is 5.02 Å². The van der Waals surface area contributed by atoms with Crippen LogP contribution in [0.1, 0.15) is 30.9 Å². The number of hydrogen-bond donors (Lipinski definition) is 3. The Morgan fingerprint density at radius 1 is 1.31 bits per heavy atom. The van der Waals surface area contributed by atoms with Crippen LogP contribution in [0.5, 0.6) is 0 Å². The average molecular weight is 398 g/mol. The standard InChI is InChI=1S/C19H29ClN4OS/c1-4-5-6-21-17(25)13-23-7-9-24(10-8-23)19(26)22-18-15(3)11-14(2)12-16(18)20/h11-12H,4-10,13H2,1-3H3,(H,21,25)(H,22,26)/p+1. The van der Waals surface area contributed by atoms with Crippen LogP contribution in [-0.4, -0.2) is 55.2 Å². The fourth-order valence-electron chi connectivity index (χ4n) is 3.16. The number of carbonyl (C=O) groups excluding carboxylic acids is 1. The van der Waals surface area contributed by atoms with Crippen molar-refractivity contribution in [1.29, 1.82) is 0 Å². The van der Waals surface area contributed by atoms with E-state index in [9.17, 15) is 4.79 Å². The van der Waals surface area contributed by atoms with Crippen LogP contribution in [0.4, 0.5) is 5.69 Å². The molecule has 1 aromatic carbocycles. The lowest BCUT2D eigenvalue weighted by Gasteiger charge is -2.33. The van der Waals surface area contributed by atoms with Gasteiger partial charge in [-0.15, -0.1) is 0 Å². The van der Waals surface area contributed by atoms with E-state index in [0.717, 1.165) is 62.4 Å². The number of quaternary nitrogens is 1. The van der Waals surface area contributed by atoms with Crippen molar-refractivity contribution in [1.82, 2.24) is 10.2 Å². The van der Waals surface area contributed by atoms with Gasteiger partial charge in [-0.1, -0.05) is 31.0 Å². The predicted octanol–water partition coefficient (Wildman–Crippen LogP) is 1.77. The van der Waals surface area contributed by atoms with Crippen molar-refractivity contribution in [3.05, 3.63) is 28.3 Å². The van der Waals surface area contributed by atoms with E-state index in [4.69, 9.17) is 23.8 Å². The Balaban J connectivity index is 1.80. The quantitative estimate of drug-likeness (QED) is 0.506. The van der Waals surface area contributed by atoms with Gasteiger partial charge in [0.1, 0.15) is 0 Å². The average Bonchev–Trinajstić information content (AvgIpc) is 2.58.